The molecular formula is C29H34N6O3. The van der Waals surface area contributed by atoms with Gasteiger partial charge in [-0.3, -0.25) is 10.4 Å². The molecule has 5 heterocycles. The summed E-state index contributed by atoms with van der Waals surface area (Å²) >= 11 is 0. The third-order valence-corrected chi connectivity index (χ3v) is 7.05. The third kappa shape index (κ3) is 4.62. The molecule has 0 spiro atoms. The fourth-order valence-electron chi connectivity index (χ4n) is 5.31. The van der Waals surface area contributed by atoms with Crippen LogP contribution in [0.15, 0.2) is 42.6 Å². The molecular weight excluding hydrogens is 480 g/mol. The van der Waals surface area contributed by atoms with Crippen LogP contribution in [0.1, 0.15) is 44.5 Å². The first-order valence-electron chi connectivity index (χ1n) is 13.2. The molecule has 1 aromatic carbocycles. The van der Waals surface area contributed by atoms with Crippen molar-refractivity contribution < 1.29 is 14.3 Å². The SMILES string of the molecule is Cc1ccc2c(c1)cc(-c1cc(N3CCOCC3)nc3c(C4CCNN4)nccc13)n2C(=O)OC(C)(C)C. The summed E-state index contributed by atoms with van der Waals surface area (Å²) in [6.45, 7) is 11.4. The van der Waals surface area contributed by atoms with E-state index in [1.807, 2.05) is 45.2 Å². The molecule has 1 unspecified atom stereocenters. The number of hydrazine groups is 1. The van der Waals surface area contributed by atoms with Gasteiger partial charge in [0.05, 0.1) is 41.7 Å². The van der Waals surface area contributed by atoms with E-state index in [-0.39, 0.29) is 6.04 Å². The summed E-state index contributed by atoms with van der Waals surface area (Å²) in [5.41, 5.74) is 11.3. The van der Waals surface area contributed by atoms with Crippen LogP contribution in [0.2, 0.25) is 0 Å². The number of carbonyl (C=O) groups excluding carboxylic acids is 1. The zero-order valence-corrected chi connectivity index (χ0v) is 22.4. The molecule has 2 fully saturated rings. The Balaban J connectivity index is 1.63. The standard InChI is InChI=1S/C29H34N6O3/c1-18-5-6-23-19(15-18)16-24(35(23)28(36)38-29(2,3)4)21-17-25(34-11-13-37-14-12-34)32-26-20(21)7-9-30-27(26)22-8-10-31-33-22/h5-7,9,15-17,22,31,33H,8,10-14H2,1-4H3. The Kier molecular flexibility index (Phi) is 6.29. The van der Waals surface area contributed by atoms with Crippen LogP contribution in [0.3, 0.4) is 0 Å². The topological polar surface area (TPSA) is 93.5 Å². The zero-order chi connectivity index (χ0) is 26.4. The zero-order valence-electron chi connectivity index (χ0n) is 22.4. The molecule has 0 aliphatic carbocycles. The van der Waals surface area contributed by atoms with Crippen molar-refractivity contribution in [3.8, 4) is 11.3 Å². The molecule has 3 aromatic heterocycles. The molecule has 0 amide bonds. The molecule has 2 saturated heterocycles. The van der Waals surface area contributed by atoms with Gasteiger partial charge in [0.1, 0.15) is 11.4 Å². The highest BCUT2D eigenvalue weighted by molar-refractivity contribution is 6.03. The summed E-state index contributed by atoms with van der Waals surface area (Å²) < 4.78 is 13.2. The molecule has 0 saturated carbocycles. The van der Waals surface area contributed by atoms with Crippen molar-refractivity contribution >= 4 is 33.7 Å². The molecule has 1 atom stereocenters. The average Bonchev–Trinajstić information content (AvgIpc) is 3.55. The van der Waals surface area contributed by atoms with Crippen LogP contribution in [0.5, 0.6) is 0 Å². The van der Waals surface area contributed by atoms with Gasteiger partial charge >= 0.3 is 6.09 Å². The number of anilines is 1. The Labute approximate surface area is 222 Å². The van der Waals surface area contributed by atoms with E-state index in [0.717, 1.165) is 76.2 Å². The van der Waals surface area contributed by atoms with Crippen LogP contribution >= 0.6 is 0 Å². The molecule has 38 heavy (non-hydrogen) atoms. The van der Waals surface area contributed by atoms with E-state index in [4.69, 9.17) is 19.4 Å². The number of fused-ring (bicyclic) bond motifs is 2. The molecule has 4 aromatic rings. The maximum Gasteiger partial charge on any atom is 0.419 e. The van der Waals surface area contributed by atoms with Gasteiger partial charge in [0.15, 0.2) is 0 Å². The minimum Gasteiger partial charge on any atom is -0.443 e. The number of benzene rings is 1. The number of rotatable bonds is 3. The van der Waals surface area contributed by atoms with Crippen LogP contribution in [-0.2, 0) is 9.47 Å². The van der Waals surface area contributed by atoms with E-state index >= 15 is 0 Å². The van der Waals surface area contributed by atoms with Crippen LogP contribution in [0, 0.1) is 6.92 Å². The minimum absolute atomic E-state index is 0.0540. The lowest BCUT2D eigenvalue weighted by Gasteiger charge is -2.29. The second-order valence-corrected chi connectivity index (χ2v) is 11.0. The quantitative estimate of drug-likeness (QED) is 0.406. The lowest BCUT2D eigenvalue weighted by atomic mass is 10.0. The number of aromatic nitrogens is 3. The summed E-state index contributed by atoms with van der Waals surface area (Å²) in [5, 5.41) is 1.93. The first kappa shape index (κ1) is 24.8. The van der Waals surface area contributed by atoms with Gasteiger partial charge in [-0.25, -0.2) is 19.8 Å². The second kappa shape index (κ2) is 9.65. The van der Waals surface area contributed by atoms with Crippen LogP contribution in [0.25, 0.3) is 33.1 Å². The van der Waals surface area contributed by atoms with Gasteiger partial charge in [-0.1, -0.05) is 11.6 Å². The highest BCUT2D eigenvalue weighted by Gasteiger charge is 2.27. The van der Waals surface area contributed by atoms with Crippen molar-refractivity contribution in [1.29, 1.82) is 0 Å². The van der Waals surface area contributed by atoms with Crippen molar-refractivity contribution in [2.75, 3.05) is 37.7 Å². The maximum absolute atomic E-state index is 13.7. The van der Waals surface area contributed by atoms with Gasteiger partial charge in [0.2, 0.25) is 0 Å². The Hall–Kier alpha value is -3.53. The van der Waals surface area contributed by atoms with Crippen LogP contribution < -0.4 is 15.8 Å². The van der Waals surface area contributed by atoms with E-state index in [1.54, 1.807) is 4.57 Å². The average molecular weight is 515 g/mol. The first-order chi connectivity index (χ1) is 18.3. The smallest absolute Gasteiger partial charge is 0.419 e. The number of ether oxygens (including phenoxy) is 2. The number of carbonyl (C=O) groups is 1. The third-order valence-electron chi connectivity index (χ3n) is 7.05. The van der Waals surface area contributed by atoms with E-state index < -0.39 is 11.7 Å². The van der Waals surface area contributed by atoms with Crippen LogP contribution in [0.4, 0.5) is 10.6 Å². The number of pyridine rings is 2. The first-order valence-corrected chi connectivity index (χ1v) is 13.2. The van der Waals surface area contributed by atoms with Gasteiger partial charge in [0, 0.05) is 42.2 Å². The number of nitrogens with one attached hydrogen (secondary N) is 2. The highest BCUT2D eigenvalue weighted by Crippen LogP contribution is 2.38. The number of hydrogen-bond acceptors (Lipinski definition) is 8. The molecule has 2 aliphatic heterocycles. The van der Waals surface area contributed by atoms with Crippen molar-refractivity contribution in [2.24, 2.45) is 0 Å². The Bertz CT molecular complexity index is 1510. The Morgan fingerprint density at radius 2 is 1.95 bits per heavy atom. The number of nitrogens with zero attached hydrogens (tertiary/aromatic N) is 4. The number of morpholine rings is 1. The summed E-state index contributed by atoms with van der Waals surface area (Å²) in [4.78, 5) is 25.8. The normalized spacial score (nSPS) is 18.4. The summed E-state index contributed by atoms with van der Waals surface area (Å²) in [6, 6.07) is 12.4. The molecule has 9 heteroatoms. The largest absolute Gasteiger partial charge is 0.443 e. The molecule has 9 nitrogen and oxygen atoms in total. The van der Waals surface area contributed by atoms with Crippen molar-refractivity contribution in [3.63, 3.8) is 0 Å². The summed E-state index contributed by atoms with van der Waals surface area (Å²) in [5.74, 6) is 0.855. The fraction of sp³-hybridized carbons (Fsp3) is 0.414. The van der Waals surface area contributed by atoms with Crippen molar-refractivity contribution in [1.82, 2.24) is 25.4 Å². The predicted octanol–water partition coefficient (Wildman–Crippen LogP) is 4.72. The minimum atomic E-state index is -0.632. The van der Waals surface area contributed by atoms with E-state index in [0.29, 0.717) is 13.2 Å². The molecule has 2 aliphatic rings. The second-order valence-electron chi connectivity index (χ2n) is 11.0. The lowest BCUT2D eigenvalue weighted by molar-refractivity contribution is 0.0547. The predicted molar refractivity (Wildman–Crippen MR) is 148 cm³/mol. The Morgan fingerprint density at radius 3 is 2.68 bits per heavy atom. The van der Waals surface area contributed by atoms with E-state index in [2.05, 4.69) is 40.9 Å². The van der Waals surface area contributed by atoms with E-state index in [1.165, 1.54) is 0 Å². The van der Waals surface area contributed by atoms with Crippen molar-refractivity contribution in [2.45, 2.75) is 45.8 Å². The van der Waals surface area contributed by atoms with Gasteiger partial charge in [-0.05, 0) is 64.4 Å². The number of hydrogen-bond donors (Lipinski definition) is 2. The summed E-state index contributed by atoms with van der Waals surface area (Å²) in [6.07, 6.45) is 2.35. The fourth-order valence-corrected chi connectivity index (χ4v) is 5.31. The summed E-state index contributed by atoms with van der Waals surface area (Å²) in [7, 11) is 0. The van der Waals surface area contributed by atoms with Gasteiger partial charge in [-0.2, -0.15) is 0 Å². The highest BCUT2D eigenvalue weighted by atomic mass is 16.6. The van der Waals surface area contributed by atoms with E-state index in [9.17, 15) is 4.79 Å². The van der Waals surface area contributed by atoms with Crippen molar-refractivity contribution in [3.05, 3.63) is 53.9 Å². The number of aryl methyl sites for hydroxylation is 1. The Morgan fingerprint density at radius 1 is 1.13 bits per heavy atom. The lowest BCUT2D eigenvalue weighted by Crippen LogP contribution is -2.36. The molecule has 6 rings (SSSR count). The van der Waals surface area contributed by atoms with Gasteiger partial charge < -0.3 is 14.4 Å². The molecule has 2 N–H and O–H groups in total. The van der Waals surface area contributed by atoms with Gasteiger partial charge in [-0.15, -0.1) is 0 Å². The molecule has 198 valence electrons. The maximum atomic E-state index is 13.7. The molecule has 0 radical (unpaired) electrons. The monoisotopic (exact) mass is 514 g/mol. The van der Waals surface area contributed by atoms with Crippen LogP contribution in [-0.4, -0.2) is 59.1 Å². The van der Waals surface area contributed by atoms with Gasteiger partial charge in [0.25, 0.3) is 0 Å². The molecule has 0 bridgehead atoms.